The molecule has 162 valence electrons. The molecule has 2 aliphatic carbocycles. The molecule has 4 atom stereocenters. The fourth-order valence-corrected chi connectivity index (χ4v) is 2.52. The third-order valence-corrected chi connectivity index (χ3v) is 4.36. The van der Waals surface area contributed by atoms with Crippen LogP contribution in [0, 0.1) is 11.8 Å². The monoisotopic (exact) mass is 400 g/mol. The number of hydrogen-bond acceptors (Lipinski definition) is 7. The first-order valence-corrected chi connectivity index (χ1v) is 9.83. The van der Waals surface area contributed by atoms with Crippen molar-refractivity contribution in [2.24, 2.45) is 11.8 Å². The van der Waals surface area contributed by atoms with E-state index in [0.29, 0.717) is 25.0 Å². The van der Waals surface area contributed by atoms with Gasteiger partial charge in [-0.1, -0.05) is 24.3 Å². The molecule has 4 unspecified atom stereocenters. The standard InChI is InChI=1S/C10H16O3.C7H12O.C4H8O3/c1-8(11)10(12)13-7-9-5-3-2-4-6-9;8-6-7-4-2-1-3-5-7;1-3(5)4(6)7-2/h2-3,8-9,11H,4-7H2,1H3;1-2,7-8H,3-6H2;3,5H,1-2H3. The maximum Gasteiger partial charge on any atom is 0.334 e. The zero-order valence-corrected chi connectivity index (χ0v) is 17.3. The molecule has 0 saturated heterocycles. The fourth-order valence-electron chi connectivity index (χ4n) is 2.52. The van der Waals surface area contributed by atoms with Crippen molar-refractivity contribution in [1.82, 2.24) is 0 Å². The Balaban J connectivity index is 0.000000419. The number of ether oxygens (including phenoxy) is 2. The molecule has 0 amide bonds. The van der Waals surface area contributed by atoms with E-state index in [4.69, 9.17) is 20.1 Å². The molecule has 7 heteroatoms. The lowest BCUT2D eigenvalue weighted by Crippen LogP contribution is -2.23. The molecule has 0 aliphatic heterocycles. The number of carbonyl (C=O) groups excluding carboxylic acids is 2. The highest BCUT2D eigenvalue weighted by molar-refractivity contribution is 5.73. The van der Waals surface area contributed by atoms with Crippen LogP contribution in [0.4, 0.5) is 0 Å². The third-order valence-electron chi connectivity index (χ3n) is 4.36. The molecule has 0 aromatic heterocycles. The smallest absolute Gasteiger partial charge is 0.334 e. The average molecular weight is 401 g/mol. The van der Waals surface area contributed by atoms with E-state index in [0.717, 1.165) is 32.1 Å². The zero-order valence-electron chi connectivity index (χ0n) is 17.3. The highest BCUT2D eigenvalue weighted by Crippen LogP contribution is 2.18. The Labute approximate surface area is 168 Å². The first kappa shape index (κ1) is 26.3. The number of allylic oxidation sites excluding steroid dienone is 4. The maximum atomic E-state index is 10.9. The predicted octanol–water partition coefficient (Wildman–Crippen LogP) is 2.14. The number of methoxy groups -OCH3 is 1. The van der Waals surface area contributed by atoms with Crippen LogP contribution in [-0.4, -0.2) is 59.8 Å². The van der Waals surface area contributed by atoms with Gasteiger partial charge in [-0.05, 0) is 64.2 Å². The summed E-state index contributed by atoms with van der Waals surface area (Å²) in [5, 5.41) is 25.9. The maximum absolute atomic E-state index is 10.9. The van der Waals surface area contributed by atoms with Crippen molar-refractivity contribution in [1.29, 1.82) is 0 Å². The highest BCUT2D eigenvalue weighted by Gasteiger charge is 2.15. The van der Waals surface area contributed by atoms with Gasteiger partial charge in [0.15, 0.2) is 0 Å². The van der Waals surface area contributed by atoms with Crippen molar-refractivity contribution >= 4 is 11.9 Å². The first-order chi connectivity index (χ1) is 13.3. The topological polar surface area (TPSA) is 113 Å². The number of esters is 2. The minimum absolute atomic E-state index is 0.365. The van der Waals surface area contributed by atoms with Gasteiger partial charge in [-0.3, -0.25) is 0 Å². The van der Waals surface area contributed by atoms with Crippen LogP contribution in [0.2, 0.25) is 0 Å². The molecule has 0 radical (unpaired) electrons. The Morgan fingerprint density at radius 1 is 0.929 bits per heavy atom. The van der Waals surface area contributed by atoms with Gasteiger partial charge < -0.3 is 24.8 Å². The Morgan fingerprint density at radius 2 is 1.43 bits per heavy atom. The van der Waals surface area contributed by atoms with Crippen molar-refractivity contribution < 1.29 is 34.4 Å². The minimum atomic E-state index is -1.00. The van der Waals surface area contributed by atoms with E-state index in [2.05, 4.69) is 29.0 Å². The van der Waals surface area contributed by atoms with E-state index >= 15 is 0 Å². The van der Waals surface area contributed by atoms with Gasteiger partial charge in [0, 0.05) is 6.61 Å². The van der Waals surface area contributed by atoms with Crippen LogP contribution in [0.15, 0.2) is 24.3 Å². The zero-order chi connectivity index (χ0) is 21.4. The van der Waals surface area contributed by atoms with Crippen molar-refractivity contribution in [3.05, 3.63) is 24.3 Å². The van der Waals surface area contributed by atoms with E-state index in [-0.39, 0.29) is 0 Å². The van der Waals surface area contributed by atoms with Gasteiger partial charge in [-0.2, -0.15) is 0 Å². The molecular formula is C21H36O7. The van der Waals surface area contributed by atoms with E-state index < -0.39 is 24.1 Å². The third kappa shape index (κ3) is 13.5. The molecule has 0 saturated carbocycles. The van der Waals surface area contributed by atoms with Gasteiger partial charge in [0.2, 0.25) is 0 Å². The Kier molecular flexibility index (Phi) is 15.3. The Bertz CT molecular complexity index is 483. The molecule has 0 heterocycles. The van der Waals surface area contributed by atoms with Crippen molar-refractivity contribution in [2.75, 3.05) is 20.3 Å². The molecule has 0 bridgehead atoms. The minimum Gasteiger partial charge on any atom is -0.467 e. The van der Waals surface area contributed by atoms with Gasteiger partial charge >= 0.3 is 11.9 Å². The van der Waals surface area contributed by atoms with Crippen LogP contribution in [0.5, 0.6) is 0 Å². The normalized spacial score (nSPS) is 22.5. The quantitative estimate of drug-likeness (QED) is 0.479. The molecule has 2 aliphatic rings. The number of hydrogen-bond donors (Lipinski definition) is 3. The number of aliphatic hydroxyl groups excluding tert-OH is 3. The molecule has 0 spiro atoms. The van der Waals surface area contributed by atoms with Gasteiger partial charge in [0.1, 0.15) is 12.2 Å². The van der Waals surface area contributed by atoms with E-state index in [9.17, 15) is 9.59 Å². The summed E-state index contributed by atoms with van der Waals surface area (Å²) in [4.78, 5) is 20.9. The summed E-state index contributed by atoms with van der Waals surface area (Å²) >= 11 is 0. The lowest BCUT2D eigenvalue weighted by molar-refractivity contribution is -0.154. The van der Waals surface area contributed by atoms with Crippen LogP contribution in [-0.2, 0) is 19.1 Å². The summed E-state index contributed by atoms with van der Waals surface area (Å²) in [6.45, 7) is 3.58. The summed E-state index contributed by atoms with van der Waals surface area (Å²) in [5.41, 5.74) is 0. The van der Waals surface area contributed by atoms with Gasteiger partial charge in [0.25, 0.3) is 0 Å². The summed E-state index contributed by atoms with van der Waals surface area (Å²) in [6.07, 6.45) is 13.1. The second kappa shape index (κ2) is 16.3. The van der Waals surface area contributed by atoms with Crippen molar-refractivity contribution in [2.45, 2.75) is 64.6 Å². The largest absolute Gasteiger partial charge is 0.467 e. The van der Waals surface area contributed by atoms with Gasteiger partial charge in [0.05, 0.1) is 13.7 Å². The molecule has 0 fully saturated rings. The number of rotatable bonds is 5. The Morgan fingerprint density at radius 3 is 1.71 bits per heavy atom. The van der Waals surface area contributed by atoms with Crippen LogP contribution in [0.25, 0.3) is 0 Å². The number of aliphatic hydroxyl groups is 3. The second-order valence-electron chi connectivity index (χ2n) is 6.99. The van der Waals surface area contributed by atoms with Crippen LogP contribution < -0.4 is 0 Å². The van der Waals surface area contributed by atoms with E-state index in [1.165, 1.54) is 27.4 Å². The molecule has 0 aromatic rings. The molecular weight excluding hydrogens is 364 g/mol. The number of carbonyl (C=O) groups is 2. The van der Waals surface area contributed by atoms with Gasteiger partial charge in [-0.15, -0.1) is 0 Å². The van der Waals surface area contributed by atoms with Crippen molar-refractivity contribution in [3.63, 3.8) is 0 Å². The van der Waals surface area contributed by atoms with Gasteiger partial charge in [-0.25, -0.2) is 9.59 Å². The molecule has 2 rings (SSSR count). The molecule has 0 aromatic carbocycles. The SMILES string of the molecule is CC(O)C(=O)OCC1CC=CCC1.COC(=O)C(C)O.OCC1CC=CCC1. The first-order valence-electron chi connectivity index (χ1n) is 9.83. The molecule has 28 heavy (non-hydrogen) atoms. The molecule has 7 nitrogen and oxygen atoms in total. The van der Waals surface area contributed by atoms with E-state index in [1.807, 2.05) is 0 Å². The lowest BCUT2D eigenvalue weighted by atomic mass is 9.95. The lowest BCUT2D eigenvalue weighted by Gasteiger charge is -2.17. The van der Waals surface area contributed by atoms with Crippen LogP contribution in [0.1, 0.15) is 52.4 Å². The molecule has 3 N–H and O–H groups in total. The Hall–Kier alpha value is -1.70. The van der Waals surface area contributed by atoms with Crippen LogP contribution in [0.3, 0.4) is 0 Å². The average Bonchev–Trinajstić information content (AvgIpc) is 2.73. The highest BCUT2D eigenvalue weighted by atomic mass is 16.5. The summed E-state index contributed by atoms with van der Waals surface area (Å²) < 4.78 is 9.04. The van der Waals surface area contributed by atoms with E-state index in [1.54, 1.807) is 0 Å². The summed E-state index contributed by atoms with van der Waals surface area (Å²) in [6, 6.07) is 0. The van der Waals surface area contributed by atoms with Crippen molar-refractivity contribution in [3.8, 4) is 0 Å². The summed E-state index contributed by atoms with van der Waals surface area (Å²) in [5.74, 6) is -0.123. The van der Waals surface area contributed by atoms with Crippen LogP contribution >= 0.6 is 0 Å². The predicted molar refractivity (Wildman–Crippen MR) is 106 cm³/mol. The fraction of sp³-hybridized carbons (Fsp3) is 0.714. The summed E-state index contributed by atoms with van der Waals surface area (Å²) in [7, 11) is 1.23. The second-order valence-corrected chi connectivity index (χ2v) is 6.99.